The zero-order chi connectivity index (χ0) is 56.4. The topological polar surface area (TPSA) is 77.3 Å². The summed E-state index contributed by atoms with van der Waals surface area (Å²) in [6, 6.07) is 96.9. The van der Waals surface area contributed by atoms with Crippen LogP contribution in [0.15, 0.2) is 273 Å². The van der Waals surface area contributed by atoms with E-state index in [1.165, 1.54) is 61.2 Å². The fourth-order valence-electron chi connectivity index (χ4n) is 13.1. The third-order valence-electron chi connectivity index (χ3n) is 17.2. The van der Waals surface area contributed by atoms with E-state index >= 15 is 0 Å². The smallest absolute Gasteiger partial charge is 0.164 e. The molecule has 1 atom stereocenters. The van der Waals surface area contributed by atoms with Crippen LogP contribution in [0.2, 0.25) is 0 Å². The fraction of sp³-hybridized carbons (Fsp3) is 0.0769. The van der Waals surface area contributed by atoms with Crippen LogP contribution in [0.5, 0.6) is 0 Å². The summed E-state index contributed by atoms with van der Waals surface area (Å²) in [6.07, 6.45) is 0.770. The maximum Gasteiger partial charge on any atom is 0.164 e. The Morgan fingerprint density at radius 3 is 1.13 bits per heavy atom. The van der Waals surface area contributed by atoms with E-state index in [0.29, 0.717) is 34.9 Å². The van der Waals surface area contributed by atoms with Gasteiger partial charge < -0.3 is 0 Å². The highest BCUT2D eigenvalue weighted by atomic mass is 15.0. The molecule has 0 aliphatic heterocycles. The Bertz CT molecular complexity index is 4610. The van der Waals surface area contributed by atoms with Crippen LogP contribution in [0.3, 0.4) is 0 Å². The Kier molecular flexibility index (Phi) is 12.3. The molecule has 11 aromatic carbocycles. The SMILES string of the molecule is CC1(C)c2ccccc2-c2c(-c3ccc(-c4nc(-c5ccccc5)nc(-c5cccc(CC6(C)c7ccccc7-c7c(-c8cccc(-c9cccc(-c%10nc(-c%11ccccc%11)nc(-c%11ccccc%11)n%10)c9)c8)cccc76)c5)n4)cc3)cccc21. The van der Waals surface area contributed by atoms with Gasteiger partial charge in [-0.1, -0.05) is 276 Å². The average Bonchev–Trinajstić information content (AvgIpc) is 3.16. The molecule has 6 nitrogen and oxygen atoms in total. The van der Waals surface area contributed by atoms with E-state index in [1.54, 1.807) is 0 Å². The molecule has 0 fully saturated rings. The van der Waals surface area contributed by atoms with Gasteiger partial charge in [0.2, 0.25) is 0 Å². The van der Waals surface area contributed by atoms with E-state index < -0.39 is 0 Å². The molecule has 398 valence electrons. The van der Waals surface area contributed by atoms with Crippen LogP contribution in [0, 0.1) is 0 Å². The largest absolute Gasteiger partial charge is 0.208 e. The van der Waals surface area contributed by atoms with Crippen LogP contribution in [0.4, 0.5) is 0 Å². The molecule has 0 amide bonds. The Morgan fingerprint density at radius 2 is 0.571 bits per heavy atom. The Balaban J connectivity index is 0.759. The minimum absolute atomic E-state index is 0.0747. The van der Waals surface area contributed by atoms with Gasteiger partial charge in [-0.25, -0.2) is 29.9 Å². The summed E-state index contributed by atoms with van der Waals surface area (Å²) < 4.78 is 0. The Morgan fingerprint density at radius 1 is 0.238 bits per heavy atom. The van der Waals surface area contributed by atoms with Gasteiger partial charge in [0.15, 0.2) is 34.9 Å². The second-order valence-corrected chi connectivity index (χ2v) is 22.8. The van der Waals surface area contributed by atoms with Crippen molar-refractivity contribution in [2.24, 2.45) is 0 Å². The van der Waals surface area contributed by atoms with Crippen molar-refractivity contribution in [2.45, 2.75) is 38.0 Å². The zero-order valence-corrected chi connectivity index (χ0v) is 46.9. The van der Waals surface area contributed by atoms with Crippen LogP contribution in [0.1, 0.15) is 48.6 Å². The standard InChI is InChI=1S/C78H56N6/c1-77(2)65-38-15-13-34-63(65)69-61(36-20-40-67(69)77)51-42-44-55(45-43-51)74-80-73(54-27-11-6-12-28-54)81-75(84-74)59-32-17-22-50(46-59)49-78(3)66-39-16-14-35-64(66)70-62(37-21-41-68(70)78)58-31-18-29-56(47-58)57-30-19-33-60(48-57)76-82-71(52-23-7-4-8-24-52)79-72(83-76)53-25-9-5-10-26-53/h4-48H,49H2,1-3H3. The van der Waals surface area contributed by atoms with E-state index in [0.717, 1.165) is 62.1 Å². The van der Waals surface area contributed by atoms with Crippen LogP contribution in [-0.2, 0) is 17.3 Å². The summed E-state index contributed by atoms with van der Waals surface area (Å²) in [5, 5.41) is 0. The van der Waals surface area contributed by atoms with Crippen LogP contribution < -0.4 is 0 Å². The molecule has 2 aromatic heterocycles. The molecular formula is C78H56N6. The van der Waals surface area contributed by atoms with Crippen molar-refractivity contribution >= 4 is 0 Å². The van der Waals surface area contributed by atoms with Gasteiger partial charge in [0, 0.05) is 44.2 Å². The normalized spacial score (nSPS) is 14.3. The van der Waals surface area contributed by atoms with E-state index in [9.17, 15) is 0 Å². The molecule has 2 heterocycles. The van der Waals surface area contributed by atoms with Crippen molar-refractivity contribution in [1.29, 1.82) is 0 Å². The maximum absolute atomic E-state index is 5.26. The van der Waals surface area contributed by atoms with E-state index in [-0.39, 0.29) is 10.8 Å². The van der Waals surface area contributed by atoms with Gasteiger partial charge in [0.05, 0.1) is 0 Å². The highest BCUT2D eigenvalue weighted by Crippen LogP contribution is 2.55. The number of fused-ring (bicyclic) bond motifs is 6. The summed E-state index contributed by atoms with van der Waals surface area (Å²) in [5.74, 6) is 3.81. The van der Waals surface area contributed by atoms with Crippen molar-refractivity contribution < 1.29 is 0 Å². The molecule has 6 heteroatoms. The molecule has 0 saturated heterocycles. The molecule has 0 radical (unpaired) electrons. The number of hydrogen-bond donors (Lipinski definition) is 0. The van der Waals surface area contributed by atoms with E-state index in [1.807, 2.05) is 78.9 Å². The van der Waals surface area contributed by atoms with Crippen LogP contribution in [0.25, 0.3) is 124 Å². The number of hydrogen-bond acceptors (Lipinski definition) is 6. The fourth-order valence-corrected chi connectivity index (χ4v) is 13.1. The predicted molar refractivity (Wildman–Crippen MR) is 342 cm³/mol. The van der Waals surface area contributed by atoms with Gasteiger partial charge in [-0.05, 0) is 108 Å². The Hall–Kier alpha value is -10.6. The molecule has 0 bridgehead atoms. The number of nitrogens with zero attached hydrogens (tertiary/aromatic N) is 6. The second-order valence-electron chi connectivity index (χ2n) is 22.8. The van der Waals surface area contributed by atoms with Crippen molar-refractivity contribution in [3.05, 3.63) is 301 Å². The quantitative estimate of drug-likeness (QED) is 0.128. The molecule has 2 aliphatic carbocycles. The lowest BCUT2D eigenvalue weighted by Gasteiger charge is -2.28. The van der Waals surface area contributed by atoms with Gasteiger partial charge in [-0.2, -0.15) is 0 Å². The van der Waals surface area contributed by atoms with Crippen molar-refractivity contribution in [3.8, 4) is 124 Å². The second kappa shape index (κ2) is 20.5. The van der Waals surface area contributed by atoms with Crippen LogP contribution in [-0.4, -0.2) is 29.9 Å². The van der Waals surface area contributed by atoms with Gasteiger partial charge in [-0.3, -0.25) is 0 Å². The number of benzene rings is 11. The first-order valence-corrected chi connectivity index (χ1v) is 28.8. The first kappa shape index (κ1) is 50.4. The average molecular weight is 1080 g/mol. The lowest BCUT2D eigenvalue weighted by atomic mass is 9.75. The number of aromatic nitrogens is 6. The number of rotatable bonds is 11. The third kappa shape index (κ3) is 8.82. The first-order chi connectivity index (χ1) is 41.2. The monoisotopic (exact) mass is 1080 g/mol. The summed E-state index contributed by atoms with van der Waals surface area (Å²) in [7, 11) is 0. The maximum atomic E-state index is 5.26. The van der Waals surface area contributed by atoms with E-state index in [2.05, 4.69) is 215 Å². The molecule has 84 heavy (non-hydrogen) atoms. The van der Waals surface area contributed by atoms with E-state index in [4.69, 9.17) is 29.9 Å². The molecule has 0 saturated carbocycles. The third-order valence-corrected chi connectivity index (χ3v) is 17.2. The minimum atomic E-state index is -0.341. The van der Waals surface area contributed by atoms with Crippen molar-refractivity contribution in [2.75, 3.05) is 0 Å². The van der Waals surface area contributed by atoms with Gasteiger partial charge in [-0.15, -0.1) is 0 Å². The highest BCUT2D eigenvalue weighted by Gasteiger charge is 2.41. The molecular weight excluding hydrogens is 1020 g/mol. The van der Waals surface area contributed by atoms with Crippen LogP contribution >= 0.6 is 0 Å². The summed E-state index contributed by atoms with van der Waals surface area (Å²) >= 11 is 0. The Labute approximate surface area is 490 Å². The summed E-state index contributed by atoms with van der Waals surface area (Å²) in [4.78, 5) is 30.6. The van der Waals surface area contributed by atoms with Gasteiger partial charge >= 0.3 is 0 Å². The molecule has 13 aromatic rings. The van der Waals surface area contributed by atoms with Gasteiger partial charge in [0.25, 0.3) is 0 Å². The lowest BCUT2D eigenvalue weighted by molar-refractivity contribution is 0.583. The predicted octanol–water partition coefficient (Wildman–Crippen LogP) is 18.9. The zero-order valence-electron chi connectivity index (χ0n) is 46.9. The minimum Gasteiger partial charge on any atom is -0.208 e. The molecule has 0 spiro atoms. The lowest BCUT2D eigenvalue weighted by Crippen LogP contribution is -2.24. The summed E-state index contributed by atoms with van der Waals surface area (Å²) in [6.45, 7) is 7.07. The molecule has 0 N–H and O–H groups in total. The summed E-state index contributed by atoms with van der Waals surface area (Å²) in [5.41, 5.74) is 23.8. The highest BCUT2D eigenvalue weighted by molar-refractivity contribution is 5.95. The first-order valence-electron chi connectivity index (χ1n) is 28.8. The van der Waals surface area contributed by atoms with Gasteiger partial charge in [0.1, 0.15) is 0 Å². The molecule has 1 unspecified atom stereocenters. The molecule has 2 aliphatic rings. The van der Waals surface area contributed by atoms with Crippen molar-refractivity contribution in [3.63, 3.8) is 0 Å². The molecule has 15 rings (SSSR count). The van der Waals surface area contributed by atoms with Crippen molar-refractivity contribution in [1.82, 2.24) is 29.9 Å².